The Balaban J connectivity index is 2.14. The SMILES string of the molecule is CC(C#N)(COc1ccc(C(F)(F)F)cc1F)NC(=O)c1ccc(S(F)(F)(F)(F)F)cc1. The standard InChI is InChI=1S/C18H13F9N2O2S/c1-17(9-28,10-31-15-7-4-12(8-14(15)19)18(20,21)22)29-16(30)11-2-5-13(6-3-11)32(23,24,25,26)27/h2-8H,10H2,1H3,(H,29,30). The maximum Gasteiger partial charge on any atom is 0.416 e. The molecule has 1 amide bonds. The molecule has 2 aromatic carbocycles. The second-order valence-electron chi connectivity index (χ2n) is 6.82. The molecule has 0 fully saturated rings. The summed E-state index contributed by atoms with van der Waals surface area (Å²) in [5.74, 6) is -3.19. The van der Waals surface area contributed by atoms with E-state index in [0.29, 0.717) is 24.3 Å². The van der Waals surface area contributed by atoms with Crippen molar-refractivity contribution in [3.8, 4) is 11.8 Å². The fourth-order valence-corrected chi connectivity index (χ4v) is 2.95. The highest BCUT2D eigenvalue weighted by Gasteiger charge is 2.65. The normalized spacial score (nSPS) is 16.2. The molecule has 0 aliphatic heterocycles. The minimum atomic E-state index is -9.94. The van der Waals surface area contributed by atoms with Crippen molar-refractivity contribution in [2.45, 2.75) is 23.5 Å². The van der Waals surface area contributed by atoms with Crippen LogP contribution in [0.15, 0.2) is 47.4 Å². The summed E-state index contributed by atoms with van der Waals surface area (Å²) in [7, 11) is -9.94. The number of carbonyl (C=O) groups is 1. The molecule has 2 rings (SSSR count). The van der Waals surface area contributed by atoms with Gasteiger partial charge in [0.15, 0.2) is 17.1 Å². The Kier molecular flexibility index (Phi) is 5.69. The van der Waals surface area contributed by atoms with Gasteiger partial charge in [0.25, 0.3) is 5.91 Å². The first-order chi connectivity index (χ1) is 14.2. The maximum absolute atomic E-state index is 13.8. The molecular formula is C18H13F9N2O2S. The molecule has 14 heteroatoms. The Morgan fingerprint density at radius 3 is 2.06 bits per heavy atom. The molecule has 0 aromatic heterocycles. The molecule has 0 spiro atoms. The molecule has 0 aliphatic carbocycles. The summed E-state index contributed by atoms with van der Waals surface area (Å²) in [4.78, 5) is 9.98. The fourth-order valence-electron chi connectivity index (χ4n) is 2.30. The van der Waals surface area contributed by atoms with Gasteiger partial charge in [0.2, 0.25) is 0 Å². The monoisotopic (exact) mass is 492 g/mol. The Hall–Kier alpha value is -3.08. The average molecular weight is 492 g/mol. The van der Waals surface area contributed by atoms with Gasteiger partial charge in [-0.05, 0) is 49.4 Å². The van der Waals surface area contributed by atoms with Gasteiger partial charge in [0, 0.05) is 5.56 Å². The predicted octanol–water partition coefficient (Wildman–Crippen LogP) is 6.59. The van der Waals surface area contributed by atoms with Crippen LogP contribution in [-0.2, 0) is 6.18 Å². The van der Waals surface area contributed by atoms with Crippen molar-refractivity contribution in [3.05, 3.63) is 59.4 Å². The lowest BCUT2D eigenvalue weighted by Gasteiger charge is -2.40. The first-order valence-electron chi connectivity index (χ1n) is 8.32. The van der Waals surface area contributed by atoms with Crippen molar-refractivity contribution in [1.82, 2.24) is 5.32 Å². The van der Waals surface area contributed by atoms with Gasteiger partial charge in [-0.2, -0.15) is 18.4 Å². The molecule has 2 aromatic rings. The van der Waals surface area contributed by atoms with Gasteiger partial charge in [-0.3, -0.25) is 4.79 Å². The molecule has 32 heavy (non-hydrogen) atoms. The molecule has 0 saturated heterocycles. The summed E-state index contributed by atoms with van der Waals surface area (Å²) in [6.45, 7) is 0.316. The van der Waals surface area contributed by atoms with E-state index in [1.807, 2.05) is 0 Å². The third-order valence-electron chi connectivity index (χ3n) is 3.97. The number of hydrogen-bond acceptors (Lipinski definition) is 3. The molecule has 1 atom stereocenters. The Labute approximate surface area is 175 Å². The highest BCUT2D eigenvalue weighted by molar-refractivity contribution is 8.45. The topological polar surface area (TPSA) is 62.1 Å². The van der Waals surface area contributed by atoms with Crippen molar-refractivity contribution in [2.24, 2.45) is 0 Å². The minimum Gasteiger partial charge on any atom is -0.487 e. The van der Waals surface area contributed by atoms with Crippen molar-refractivity contribution in [1.29, 1.82) is 5.26 Å². The van der Waals surface area contributed by atoms with Crippen LogP contribution in [0.4, 0.5) is 37.0 Å². The zero-order valence-electron chi connectivity index (χ0n) is 15.8. The summed E-state index contributed by atoms with van der Waals surface area (Å²) in [6.07, 6.45) is -4.80. The molecule has 4 nitrogen and oxygen atoms in total. The molecule has 0 bridgehead atoms. The number of nitrogens with zero attached hydrogens (tertiary/aromatic N) is 1. The van der Waals surface area contributed by atoms with Gasteiger partial charge < -0.3 is 10.1 Å². The summed E-state index contributed by atoms with van der Waals surface area (Å²) in [5, 5.41) is 11.3. The van der Waals surface area contributed by atoms with Gasteiger partial charge in [0.05, 0.1) is 11.6 Å². The van der Waals surface area contributed by atoms with Crippen LogP contribution in [0.2, 0.25) is 0 Å². The summed E-state index contributed by atoms with van der Waals surface area (Å²) >= 11 is 0. The van der Waals surface area contributed by atoms with Crippen LogP contribution in [-0.4, -0.2) is 18.1 Å². The average Bonchev–Trinajstić information content (AvgIpc) is 2.64. The van der Waals surface area contributed by atoms with Gasteiger partial charge in [-0.15, -0.1) is 0 Å². The lowest BCUT2D eigenvalue weighted by molar-refractivity contribution is -0.137. The molecule has 176 valence electrons. The maximum atomic E-state index is 13.8. The van der Waals surface area contributed by atoms with Crippen molar-refractivity contribution >= 4 is 16.1 Å². The van der Waals surface area contributed by atoms with Gasteiger partial charge >= 0.3 is 16.4 Å². The predicted molar refractivity (Wildman–Crippen MR) is 96.2 cm³/mol. The highest BCUT2D eigenvalue weighted by atomic mass is 32.5. The van der Waals surface area contributed by atoms with E-state index < -0.39 is 62.0 Å². The number of halogens is 9. The summed E-state index contributed by atoms with van der Waals surface area (Å²) < 4.78 is 120. The molecule has 1 N–H and O–H groups in total. The quantitative estimate of drug-likeness (QED) is 0.463. The number of ether oxygens (including phenoxy) is 1. The van der Waals surface area contributed by atoms with Gasteiger partial charge in [-0.1, -0.05) is 19.4 Å². The van der Waals surface area contributed by atoms with E-state index in [-0.39, 0.29) is 18.2 Å². The number of nitriles is 1. The largest absolute Gasteiger partial charge is 0.487 e. The molecular weight excluding hydrogens is 479 g/mol. The lowest BCUT2D eigenvalue weighted by atomic mass is 10.1. The van der Waals surface area contributed by atoms with E-state index in [2.05, 4.69) is 5.32 Å². The summed E-state index contributed by atoms with van der Waals surface area (Å²) in [5.41, 5.74) is -3.70. The molecule has 1 unspecified atom stereocenters. The van der Waals surface area contributed by atoms with E-state index in [1.54, 1.807) is 6.07 Å². The van der Waals surface area contributed by atoms with Crippen LogP contribution in [0.25, 0.3) is 0 Å². The first kappa shape index (κ1) is 25.2. The number of alkyl halides is 3. The van der Waals surface area contributed by atoms with Crippen LogP contribution in [0.5, 0.6) is 5.75 Å². The van der Waals surface area contributed by atoms with E-state index in [9.17, 15) is 47.0 Å². The smallest absolute Gasteiger partial charge is 0.416 e. The van der Waals surface area contributed by atoms with Gasteiger partial charge in [0.1, 0.15) is 11.5 Å². The fraction of sp³-hybridized carbons (Fsp3) is 0.222. The number of hydrogen-bond donors (Lipinski definition) is 1. The van der Waals surface area contributed by atoms with Crippen LogP contribution in [0.1, 0.15) is 22.8 Å². The second kappa shape index (κ2) is 7.22. The Morgan fingerprint density at radius 1 is 1.06 bits per heavy atom. The highest BCUT2D eigenvalue weighted by Crippen LogP contribution is 3.02. The van der Waals surface area contributed by atoms with Crippen molar-refractivity contribution in [3.63, 3.8) is 0 Å². The molecule has 0 radical (unpaired) electrons. The van der Waals surface area contributed by atoms with E-state index in [0.717, 1.165) is 6.92 Å². The molecule has 0 aliphatic rings. The third kappa shape index (κ3) is 6.22. The number of nitrogens with one attached hydrogen (secondary N) is 1. The van der Waals surface area contributed by atoms with E-state index >= 15 is 0 Å². The zero-order chi connectivity index (χ0) is 24.7. The third-order valence-corrected chi connectivity index (χ3v) is 5.14. The molecule has 0 saturated carbocycles. The number of rotatable bonds is 6. The second-order valence-corrected chi connectivity index (χ2v) is 9.23. The zero-order valence-corrected chi connectivity index (χ0v) is 16.6. The van der Waals surface area contributed by atoms with Crippen LogP contribution >= 0.6 is 10.2 Å². The number of carbonyl (C=O) groups excluding carboxylic acids is 1. The van der Waals surface area contributed by atoms with Crippen LogP contribution in [0.3, 0.4) is 0 Å². The lowest BCUT2D eigenvalue weighted by Crippen LogP contribution is -2.49. The molecule has 0 heterocycles. The van der Waals surface area contributed by atoms with Crippen molar-refractivity contribution in [2.75, 3.05) is 6.61 Å². The van der Waals surface area contributed by atoms with Crippen LogP contribution < -0.4 is 10.1 Å². The summed E-state index contributed by atoms with van der Waals surface area (Å²) in [6, 6.07) is 3.91. The number of amides is 1. The van der Waals surface area contributed by atoms with E-state index in [4.69, 9.17) is 4.74 Å². The van der Waals surface area contributed by atoms with E-state index in [1.165, 1.54) is 0 Å². The van der Waals surface area contributed by atoms with Crippen LogP contribution in [0, 0.1) is 17.1 Å². The minimum absolute atomic E-state index is 0.00820. The Morgan fingerprint density at radius 2 is 1.62 bits per heavy atom. The Bertz CT molecular complexity index is 1080. The number of benzene rings is 2. The first-order valence-corrected chi connectivity index (χ1v) is 10.3. The van der Waals surface area contributed by atoms with Crippen molar-refractivity contribution < 1.29 is 46.5 Å². The van der Waals surface area contributed by atoms with Gasteiger partial charge in [-0.25, -0.2) is 4.39 Å².